The number of aromatic nitrogens is 4. The molecule has 8 rings (SSSR count). The number of aromatic amines is 2. The van der Waals surface area contributed by atoms with Crippen LogP contribution in [0.1, 0.15) is 68.8 Å². The molecule has 2 aromatic heterocycles. The third-order valence-electron chi connectivity index (χ3n) is 10.6. The monoisotopic (exact) mass is 703 g/mol. The van der Waals surface area contributed by atoms with E-state index in [1.165, 1.54) is 12.0 Å². The van der Waals surface area contributed by atoms with Crippen LogP contribution >= 0.6 is 0 Å². The van der Waals surface area contributed by atoms with E-state index < -0.39 is 18.2 Å². The van der Waals surface area contributed by atoms with E-state index >= 15 is 0 Å². The van der Waals surface area contributed by atoms with Crippen LogP contribution in [0.2, 0.25) is 0 Å². The molecular formula is C39H41N7O6. The van der Waals surface area contributed by atoms with Crippen LogP contribution in [0.5, 0.6) is 5.75 Å². The highest BCUT2D eigenvalue weighted by Crippen LogP contribution is 2.44. The number of carbonyl (C=O) groups is 3. The number of imidazole rings is 2. The number of nitrogens with one attached hydrogen (secondary N) is 3. The molecule has 0 radical (unpaired) electrons. The summed E-state index contributed by atoms with van der Waals surface area (Å²) in [5.41, 5.74) is 6.84. The first-order valence-electron chi connectivity index (χ1n) is 17.8. The van der Waals surface area contributed by atoms with E-state index in [2.05, 4.69) is 62.7 Å². The number of rotatable bonds is 7. The van der Waals surface area contributed by atoms with E-state index in [-0.39, 0.29) is 23.9 Å². The van der Waals surface area contributed by atoms with Gasteiger partial charge in [0.15, 0.2) is 0 Å². The van der Waals surface area contributed by atoms with Crippen LogP contribution in [0, 0.1) is 5.92 Å². The van der Waals surface area contributed by atoms with Crippen molar-refractivity contribution in [1.29, 1.82) is 0 Å². The Bertz CT molecular complexity index is 2190. The first-order valence-corrected chi connectivity index (χ1v) is 17.8. The summed E-state index contributed by atoms with van der Waals surface area (Å²) >= 11 is 0. The molecule has 3 aliphatic rings. The predicted octanol–water partition coefficient (Wildman–Crippen LogP) is 7.04. The third kappa shape index (κ3) is 5.89. The molecule has 268 valence electrons. The van der Waals surface area contributed by atoms with Crippen LogP contribution < -0.4 is 10.1 Å². The summed E-state index contributed by atoms with van der Waals surface area (Å²) in [6.07, 6.45) is 5.25. The van der Waals surface area contributed by atoms with Crippen molar-refractivity contribution < 1.29 is 29.0 Å². The Balaban J connectivity index is 1.01. The maximum Gasteiger partial charge on any atom is 0.407 e. The predicted molar refractivity (Wildman–Crippen MR) is 193 cm³/mol. The zero-order valence-electron chi connectivity index (χ0n) is 29.3. The lowest BCUT2D eigenvalue weighted by molar-refractivity contribution is -0.135. The molecule has 3 atom stereocenters. The number of ether oxygens (including phenoxy) is 2. The van der Waals surface area contributed by atoms with E-state index in [0.29, 0.717) is 25.5 Å². The van der Waals surface area contributed by atoms with Gasteiger partial charge in [0.25, 0.3) is 0 Å². The van der Waals surface area contributed by atoms with Crippen molar-refractivity contribution in [1.82, 2.24) is 35.1 Å². The van der Waals surface area contributed by atoms with E-state index in [4.69, 9.17) is 14.5 Å². The molecule has 5 heterocycles. The average Bonchev–Trinajstić information content (AvgIpc) is 3.98. The fraction of sp³-hybridized carbons (Fsp3) is 0.359. The number of hydrogen-bond donors (Lipinski definition) is 4. The highest BCUT2D eigenvalue weighted by molar-refractivity contribution is 5.98. The van der Waals surface area contributed by atoms with Gasteiger partial charge >= 0.3 is 12.2 Å². The Morgan fingerprint density at radius 3 is 2.19 bits per heavy atom. The molecule has 13 nitrogen and oxygen atoms in total. The van der Waals surface area contributed by atoms with Crippen molar-refractivity contribution in [2.24, 2.45) is 5.92 Å². The second-order valence-electron chi connectivity index (χ2n) is 14.1. The molecule has 1 unspecified atom stereocenters. The fourth-order valence-electron chi connectivity index (χ4n) is 7.91. The van der Waals surface area contributed by atoms with Gasteiger partial charge in [0.1, 0.15) is 30.0 Å². The minimum atomic E-state index is -0.918. The first-order chi connectivity index (χ1) is 25.2. The molecule has 2 fully saturated rings. The Labute approximate surface area is 300 Å². The SMILES string of the molecule is COC(=O)N[C@H](C(=O)N1CCC[C@H]1c1ncc(-c2ccc3c(c2)COc2c-3ccc3cc(-c4cnc(C5CCCN5C(=O)O)[nH]4)ccc23)[nH]1)C(C)C. The maximum absolute atomic E-state index is 13.6. The summed E-state index contributed by atoms with van der Waals surface area (Å²) in [7, 11) is 1.29. The van der Waals surface area contributed by atoms with Crippen LogP contribution in [0.15, 0.2) is 60.9 Å². The van der Waals surface area contributed by atoms with Crippen LogP contribution in [0.25, 0.3) is 44.4 Å². The number of carbonyl (C=O) groups excluding carboxylic acids is 2. The second kappa shape index (κ2) is 13.4. The molecule has 5 aromatic rings. The summed E-state index contributed by atoms with van der Waals surface area (Å²) in [6.45, 7) is 5.33. The first kappa shape index (κ1) is 33.3. The van der Waals surface area contributed by atoms with Gasteiger partial charge in [-0.15, -0.1) is 0 Å². The van der Waals surface area contributed by atoms with Gasteiger partial charge < -0.3 is 34.8 Å². The van der Waals surface area contributed by atoms with Gasteiger partial charge in [0, 0.05) is 29.6 Å². The molecule has 3 amide bonds. The van der Waals surface area contributed by atoms with Crippen molar-refractivity contribution in [2.45, 2.75) is 64.3 Å². The number of benzene rings is 3. The maximum atomic E-state index is 13.6. The topological polar surface area (TPSA) is 166 Å². The van der Waals surface area contributed by atoms with Crippen LogP contribution in [0.4, 0.5) is 9.59 Å². The summed E-state index contributed by atoms with van der Waals surface area (Å²) in [4.78, 5) is 56.6. The molecule has 0 aliphatic carbocycles. The van der Waals surface area contributed by atoms with E-state index in [1.807, 2.05) is 31.0 Å². The standard InChI is InChI=1S/C39H41N7O6/c1-21(2)33(44-38(48)51-3)37(47)45-14-4-6-31(45)35-40-19-30(42-35)24-9-11-26-25(17-24)20-52-34-27-12-10-23(16-22(27)8-13-28(26)34)29-18-41-36(43-29)32-7-5-15-46(32)39(49)50/h8-13,16-19,21,31-33H,4-7,14-15,20H2,1-3H3,(H,40,42)(H,41,43)(H,44,48)(H,49,50)/t31-,32?,33-/m0/s1. The number of alkyl carbamates (subject to hydrolysis) is 1. The zero-order chi connectivity index (χ0) is 36.1. The van der Waals surface area contributed by atoms with E-state index in [1.54, 1.807) is 6.20 Å². The highest BCUT2D eigenvalue weighted by Gasteiger charge is 2.38. The lowest BCUT2D eigenvalue weighted by atomic mass is 9.92. The molecule has 0 saturated carbocycles. The lowest BCUT2D eigenvalue weighted by Gasteiger charge is -2.30. The normalized spacial score (nSPS) is 18.6. The molecule has 0 bridgehead atoms. The number of hydrogen-bond acceptors (Lipinski definition) is 7. The third-order valence-corrected chi connectivity index (χ3v) is 10.6. The van der Waals surface area contributed by atoms with Gasteiger partial charge in [0.2, 0.25) is 5.91 Å². The quantitative estimate of drug-likeness (QED) is 0.140. The largest absolute Gasteiger partial charge is 0.488 e. The molecule has 0 spiro atoms. The van der Waals surface area contributed by atoms with Gasteiger partial charge in [0.05, 0.1) is 43.0 Å². The summed E-state index contributed by atoms with van der Waals surface area (Å²) in [5, 5.41) is 14.3. The number of fused-ring (bicyclic) bond motifs is 5. The average molecular weight is 704 g/mol. The number of amides is 3. The number of methoxy groups -OCH3 is 1. The number of nitrogens with zero attached hydrogens (tertiary/aromatic N) is 4. The van der Waals surface area contributed by atoms with Gasteiger partial charge in [-0.2, -0.15) is 0 Å². The number of carboxylic acid groups (broad SMARTS) is 1. The minimum Gasteiger partial charge on any atom is -0.488 e. The fourth-order valence-corrected chi connectivity index (χ4v) is 7.91. The van der Waals surface area contributed by atoms with Crippen LogP contribution in [-0.4, -0.2) is 79.2 Å². The van der Waals surface area contributed by atoms with Gasteiger partial charge in [-0.05, 0) is 71.9 Å². The summed E-state index contributed by atoms with van der Waals surface area (Å²) in [6, 6.07) is 15.6. The van der Waals surface area contributed by atoms with Gasteiger partial charge in [-0.25, -0.2) is 19.6 Å². The number of likely N-dealkylation sites (tertiary alicyclic amines) is 2. The summed E-state index contributed by atoms with van der Waals surface area (Å²) in [5.74, 6) is 1.99. The van der Waals surface area contributed by atoms with E-state index in [0.717, 1.165) is 87.2 Å². The Kier molecular flexibility index (Phi) is 8.56. The minimum absolute atomic E-state index is 0.106. The zero-order valence-corrected chi connectivity index (χ0v) is 29.3. The molecule has 13 heteroatoms. The molecule has 4 N–H and O–H groups in total. The van der Waals surface area contributed by atoms with Crippen molar-refractivity contribution in [2.75, 3.05) is 20.2 Å². The van der Waals surface area contributed by atoms with E-state index in [9.17, 15) is 19.5 Å². The van der Waals surface area contributed by atoms with Crippen LogP contribution in [-0.2, 0) is 16.1 Å². The van der Waals surface area contributed by atoms with Crippen LogP contribution in [0.3, 0.4) is 0 Å². The highest BCUT2D eigenvalue weighted by atomic mass is 16.5. The Morgan fingerprint density at radius 2 is 1.52 bits per heavy atom. The van der Waals surface area contributed by atoms with Gasteiger partial charge in [-0.1, -0.05) is 44.2 Å². The summed E-state index contributed by atoms with van der Waals surface area (Å²) < 4.78 is 11.2. The molecule has 2 saturated heterocycles. The number of H-pyrrole nitrogens is 2. The van der Waals surface area contributed by atoms with Crippen molar-refractivity contribution in [3.8, 4) is 39.4 Å². The van der Waals surface area contributed by atoms with Crippen molar-refractivity contribution in [3.63, 3.8) is 0 Å². The smallest absolute Gasteiger partial charge is 0.407 e. The molecule has 52 heavy (non-hydrogen) atoms. The Hall–Kier alpha value is -5.85. The molecule has 3 aromatic carbocycles. The molecular weight excluding hydrogens is 662 g/mol. The Morgan fingerprint density at radius 1 is 0.885 bits per heavy atom. The second-order valence-corrected chi connectivity index (χ2v) is 14.1. The van der Waals surface area contributed by atoms with Gasteiger partial charge in [-0.3, -0.25) is 9.69 Å². The molecule has 3 aliphatic heterocycles. The van der Waals surface area contributed by atoms with Crippen molar-refractivity contribution >= 4 is 28.9 Å². The lowest BCUT2D eigenvalue weighted by Crippen LogP contribution is -2.51. The van der Waals surface area contributed by atoms with Crippen molar-refractivity contribution in [3.05, 3.63) is 78.1 Å².